The third kappa shape index (κ3) is 8.08. The minimum absolute atomic E-state index is 0.343. The van der Waals surface area contributed by atoms with Gasteiger partial charge in [-0.25, -0.2) is 0 Å². The van der Waals surface area contributed by atoms with Crippen LogP contribution in [0.25, 0.3) is 0 Å². The first-order chi connectivity index (χ1) is 5.85. The van der Waals surface area contributed by atoms with E-state index in [1.807, 2.05) is 0 Å². The van der Waals surface area contributed by atoms with Gasteiger partial charge in [0.2, 0.25) is 0 Å². The second-order valence-corrected chi connectivity index (χ2v) is 5.45. The fourth-order valence-electron chi connectivity index (χ4n) is 1.94. The van der Waals surface area contributed by atoms with E-state index in [0.717, 1.165) is 5.92 Å². The fraction of sp³-hybridized carbons (Fsp3) is 0.846. The van der Waals surface area contributed by atoms with Crippen LogP contribution in [0.2, 0.25) is 0 Å². The van der Waals surface area contributed by atoms with Gasteiger partial charge in [0.05, 0.1) is 0 Å². The largest absolute Gasteiger partial charge is 0.0802 e. The molecule has 0 aliphatic rings. The molecule has 78 valence electrons. The van der Waals surface area contributed by atoms with E-state index < -0.39 is 0 Å². The van der Waals surface area contributed by atoms with Crippen molar-refractivity contribution in [3.05, 3.63) is 11.6 Å². The van der Waals surface area contributed by atoms with E-state index in [1.165, 1.54) is 19.3 Å². The Morgan fingerprint density at radius 3 is 2.23 bits per heavy atom. The van der Waals surface area contributed by atoms with E-state index in [9.17, 15) is 0 Å². The van der Waals surface area contributed by atoms with E-state index in [4.69, 9.17) is 0 Å². The van der Waals surface area contributed by atoms with Crippen LogP contribution in [0.3, 0.4) is 0 Å². The highest BCUT2D eigenvalue weighted by atomic mass is 14.1. The summed E-state index contributed by atoms with van der Waals surface area (Å²) in [5.41, 5.74) is 1.89. The molecule has 1 atom stereocenters. The zero-order valence-corrected chi connectivity index (χ0v) is 10.3. The van der Waals surface area contributed by atoms with Crippen LogP contribution in [0, 0.1) is 11.3 Å². The van der Waals surface area contributed by atoms with Gasteiger partial charge in [-0.3, -0.25) is 0 Å². The molecule has 0 radical (unpaired) electrons. The lowest BCUT2D eigenvalue weighted by Gasteiger charge is -2.16. The van der Waals surface area contributed by atoms with Gasteiger partial charge in [-0.15, -0.1) is 0 Å². The van der Waals surface area contributed by atoms with Crippen LogP contribution in [0.15, 0.2) is 11.6 Å². The average Bonchev–Trinajstić information content (AvgIpc) is 1.81. The summed E-state index contributed by atoms with van der Waals surface area (Å²) < 4.78 is 0. The summed E-state index contributed by atoms with van der Waals surface area (Å²) in [6.45, 7) is 13.7. The highest BCUT2D eigenvalue weighted by Crippen LogP contribution is 2.22. The predicted molar refractivity (Wildman–Crippen MR) is 61.9 cm³/mol. The van der Waals surface area contributed by atoms with Crippen LogP contribution < -0.4 is 0 Å². The zero-order valence-electron chi connectivity index (χ0n) is 10.3. The van der Waals surface area contributed by atoms with Crippen LogP contribution in [0.1, 0.15) is 60.8 Å². The summed E-state index contributed by atoms with van der Waals surface area (Å²) in [5, 5.41) is 0. The molecular weight excluding hydrogens is 156 g/mol. The molecule has 0 saturated carbocycles. The summed E-state index contributed by atoms with van der Waals surface area (Å²) in [6.07, 6.45) is 6.34. The number of hydrogen-bond donors (Lipinski definition) is 0. The second kappa shape index (κ2) is 5.47. The first kappa shape index (κ1) is 12.7. The monoisotopic (exact) mass is 182 g/mol. The first-order valence-corrected chi connectivity index (χ1v) is 5.53. The van der Waals surface area contributed by atoms with Gasteiger partial charge in [-0.2, -0.15) is 0 Å². The summed E-state index contributed by atoms with van der Waals surface area (Å²) >= 11 is 0. The third-order valence-corrected chi connectivity index (χ3v) is 2.13. The van der Waals surface area contributed by atoms with Gasteiger partial charge in [0.1, 0.15) is 0 Å². The Morgan fingerprint density at radius 2 is 1.85 bits per heavy atom. The Morgan fingerprint density at radius 1 is 1.31 bits per heavy atom. The number of allylic oxidation sites excluding steroid dienone is 2. The zero-order chi connectivity index (χ0) is 10.5. The molecule has 0 saturated heterocycles. The Hall–Kier alpha value is -0.260. The van der Waals surface area contributed by atoms with E-state index in [2.05, 4.69) is 47.6 Å². The van der Waals surface area contributed by atoms with Gasteiger partial charge < -0.3 is 0 Å². The minimum Gasteiger partial charge on any atom is -0.0802 e. The molecular formula is C13H26. The molecule has 13 heavy (non-hydrogen) atoms. The van der Waals surface area contributed by atoms with Gasteiger partial charge in [0, 0.05) is 0 Å². The average molecular weight is 182 g/mol. The lowest BCUT2D eigenvalue weighted by molar-refractivity contribution is 0.501. The normalized spacial score (nSPS) is 16.0. The minimum atomic E-state index is 0.343. The van der Waals surface area contributed by atoms with Gasteiger partial charge >= 0.3 is 0 Å². The van der Waals surface area contributed by atoms with E-state index in [-0.39, 0.29) is 0 Å². The third-order valence-electron chi connectivity index (χ3n) is 2.13. The van der Waals surface area contributed by atoms with Crippen molar-refractivity contribution in [2.75, 3.05) is 0 Å². The molecule has 0 heteroatoms. The smallest absolute Gasteiger partial charge is 0.0201 e. The standard InChI is InChI=1S/C13H26/c1-7-8-11(2)9-12(3)10-13(4,5)6/h10-11H,7-9H2,1-6H3/b12-10-. The van der Waals surface area contributed by atoms with Gasteiger partial charge in [-0.1, -0.05) is 59.1 Å². The SMILES string of the molecule is CCCC(C)C/C(C)=C\C(C)(C)C. The Kier molecular flexibility index (Phi) is 5.36. The molecule has 0 heterocycles. The highest BCUT2D eigenvalue weighted by Gasteiger charge is 2.08. The van der Waals surface area contributed by atoms with Crippen molar-refractivity contribution in [3.63, 3.8) is 0 Å². The highest BCUT2D eigenvalue weighted by molar-refractivity contribution is 5.04. The topological polar surface area (TPSA) is 0 Å². The molecule has 1 unspecified atom stereocenters. The molecule has 0 nitrogen and oxygen atoms in total. The van der Waals surface area contributed by atoms with Crippen molar-refractivity contribution < 1.29 is 0 Å². The van der Waals surface area contributed by atoms with Crippen molar-refractivity contribution in [1.82, 2.24) is 0 Å². The van der Waals surface area contributed by atoms with E-state index in [0.29, 0.717) is 5.41 Å². The molecule has 0 aliphatic carbocycles. The fourth-order valence-corrected chi connectivity index (χ4v) is 1.94. The maximum absolute atomic E-state index is 2.40. The molecule has 0 fully saturated rings. The molecule has 0 aromatic carbocycles. The molecule has 0 aromatic rings. The van der Waals surface area contributed by atoms with Crippen LogP contribution >= 0.6 is 0 Å². The molecule has 0 aromatic heterocycles. The van der Waals surface area contributed by atoms with Gasteiger partial charge in [0.15, 0.2) is 0 Å². The maximum Gasteiger partial charge on any atom is -0.0201 e. The van der Waals surface area contributed by atoms with Crippen molar-refractivity contribution in [2.45, 2.75) is 60.8 Å². The Bertz CT molecular complexity index is 157. The summed E-state index contributed by atoms with van der Waals surface area (Å²) in [7, 11) is 0. The summed E-state index contributed by atoms with van der Waals surface area (Å²) in [6, 6.07) is 0. The molecule has 0 bridgehead atoms. The van der Waals surface area contributed by atoms with E-state index in [1.54, 1.807) is 5.57 Å². The molecule has 0 amide bonds. The van der Waals surface area contributed by atoms with Crippen LogP contribution in [-0.2, 0) is 0 Å². The van der Waals surface area contributed by atoms with Crippen LogP contribution in [0.4, 0.5) is 0 Å². The summed E-state index contributed by atoms with van der Waals surface area (Å²) in [4.78, 5) is 0. The lowest BCUT2D eigenvalue weighted by Crippen LogP contribution is -2.02. The summed E-state index contributed by atoms with van der Waals surface area (Å²) in [5.74, 6) is 0.851. The first-order valence-electron chi connectivity index (χ1n) is 5.53. The van der Waals surface area contributed by atoms with Crippen LogP contribution in [-0.4, -0.2) is 0 Å². The predicted octanol–water partition coefficient (Wildman–Crippen LogP) is 4.81. The lowest BCUT2D eigenvalue weighted by atomic mass is 9.90. The van der Waals surface area contributed by atoms with Gasteiger partial charge in [0.25, 0.3) is 0 Å². The number of hydrogen-bond acceptors (Lipinski definition) is 0. The van der Waals surface area contributed by atoms with Crippen molar-refractivity contribution in [3.8, 4) is 0 Å². The van der Waals surface area contributed by atoms with Crippen molar-refractivity contribution in [2.24, 2.45) is 11.3 Å². The molecule has 0 rings (SSSR count). The molecule has 0 aliphatic heterocycles. The second-order valence-electron chi connectivity index (χ2n) is 5.45. The van der Waals surface area contributed by atoms with Crippen LogP contribution in [0.5, 0.6) is 0 Å². The van der Waals surface area contributed by atoms with Gasteiger partial charge in [-0.05, 0) is 24.7 Å². The molecule has 0 spiro atoms. The quantitative estimate of drug-likeness (QED) is 0.548. The molecule has 0 N–H and O–H groups in total. The number of rotatable bonds is 4. The van der Waals surface area contributed by atoms with E-state index >= 15 is 0 Å². The van der Waals surface area contributed by atoms with Crippen molar-refractivity contribution >= 4 is 0 Å². The Balaban J connectivity index is 3.99. The maximum atomic E-state index is 2.40. The van der Waals surface area contributed by atoms with Crippen molar-refractivity contribution in [1.29, 1.82) is 0 Å². The Labute approximate surface area is 84.4 Å².